The van der Waals surface area contributed by atoms with E-state index < -0.39 is 0 Å². The number of carbonyl (C=O) groups excluding carboxylic acids is 1. The Morgan fingerprint density at radius 1 is 1.19 bits per heavy atom. The van der Waals surface area contributed by atoms with Crippen molar-refractivity contribution in [3.8, 4) is 0 Å². The molecule has 0 N–H and O–H groups in total. The Kier molecular flexibility index (Phi) is 9.30. The van der Waals surface area contributed by atoms with Crippen molar-refractivity contribution < 1.29 is 9.53 Å². The van der Waals surface area contributed by atoms with Gasteiger partial charge in [0, 0.05) is 0 Å². The van der Waals surface area contributed by atoms with E-state index in [1.807, 2.05) is 7.05 Å². The zero-order valence-corrected chi connectivity index (χ0v) is 11.3. The highest BCUT2D eigenvalue weighted by Gasteiger charge is 2.22. The minimum atomic E-state index is -0.0903. The molecule has 1 atom stereocenters. The zero-order chi connectivity index (χ0) is 12.4. The minimum Gasteiger partial charge on any atom is -0.468 e. The second-order valence-electron chi connectivity index (χ2n) is 4.37. The molecule has 0 spiro atoms. The summed E-state index contributed by atoms with van der Waals surface area (Å²) in [5, 5.41) is 0. The van der Waals surface area contributed by atoms with E-state index in [-0.39, 0.29) is 12.0 Å². The first-order valence-electron chi connectivity index (χ1n) is 6.45. The number of unbranched alkanes of at least 4 members (excludes halogenated alkanes) is 3. The van der Waals surface area contributed by atoms with E-state index in [4.69, 9.17) is 4.74 Å². The normalized spacial score (nSPS) is 12.8. The Hall–Kier alpha value is -0.570. The van der Waals surface area contributed by atoms with Gasteiger partial charge in [0.1, 0.15) is 6.04 Å². The summed E-state index contributed by atoms with van der Waals surface area (Å²) in [6.07, 6.45) is 6.71. The fraction of sp³-hybridized carbons (Fsp3) is 0.923. The van der Waals surface area contributed by atoms with E-state index in [0.29, 0.717) is 0 Å². The summed E-state index contributed by atoms with van der Waals surface area (Å²) in [6.45, 7) is 5.32. The molecule has 0 saturated carbocycles. The number of esters is 1. The fourth-order valence-electron chi connectivity index (χ4n) is 1.82. The molecule has 96 valence electrons. The van der Waals surface area contributed by atoms with Gasteiger partial charge in [0.15, 0.2) is 0 Å². The number of methoxy groups -OCH3 is 1. The van der Waals surface area contributed by atoms with Crippen LogP contribution in [0.5, 0.6) is 0 Å². The van der Waals surface area contributed by atoms with Gasteiger partial charge in [0.2, 0.25) is 0 Å². The van der Waals surface area contributed by atoms with Crippen molar-refractivity contribution in [3.05, 3.63) is 0 Å². The Bertz CT molecular complexity index is 183. The smallest absolute Gasteiger partial charge is 0.323 e. The van der Waals surface area contributed by atoms with Crippen LogP contribution in [0.2, 0.25) is 0 Å². The molecule has 16 heavy (non-hydrogen) atoms. The first kappa shape index (κ1) is 15.4. The van der Waals surface area contributed by atoms with Gasteiger partial charge < -0.3 is 4.74 Å². The molecule has 3 heteroatoms. The van der Waals surface area contributed by atoms with Gasteiger partial charge in [-0.05, 0) is 26.4 Å². The maximum atomic E-state index is 11.6. The first-order chi connectivity index (χ1) is 7.67. The third-order valence-electron chi connectivity index (χ3n) is 2.95. The highest BCUT2D eigenvalue weighted by Crippen LogP contribution is 2.10. The van der Waals surface area contributed by atoms with Crippen LogP contribution in [-0.4, -0.2) is 37.6 Å². The summed E-state index contributed by atoms with van der Waals surface area (Å²) < 4.78 is 4.86. The molecule has 0 aromatic carbocycles. The van der Waals surface area contributed by atoms with Crippen molar-refractivity contribution in [2.24, 2.45) is 0 Å². The predicted octanol–water partition coefficient (Wildman–Crippen LogP) is 2.84. The Morgan fingerprint density at radius 2 is 1.81 bits per heavy atom. The molecule has 0 radical (unpaired) electrons. The van der Waals surface area contributed by atoms with Crippen LogP contribution in [0.15, 0.2) is 0 Å². The highest BCUT2D eigenvalue weighted by molar-refractivity contribution is 5.75. The van der Waals surface area contributed by atoms with Gasteiger partial charge in [-0.15, -0.1) is 0 Å². The third kappa shape index (κ3) is 6.11. The molecule has 0 aromatic heterocycles. The molecule has 0 amide bonds. The summed E-state index contributed by atoms with van der Waals surface area (Å²) in [5.74, 6) is -0.0903. The average Bonchev–Trinajstić information content (AvgIpc) is 2.29. The van der Waals surface area contributed by atoms with Gasteiger partial charge in [0.25, 0.3) is 0 Å². The Morgan fingerprint density at radius 3 is 2.31 bits per heavy atom. The van der Waals surface area contributed by atoms with Gasteiger partial charge >= 0.3 is 5.97 Å². The van der Waals surface area contributed by atoms with Gasteiger partial charge in [-0.25, -0.2) is 0 Å². The summed E-state index contributed by atoms with van der Waals surface area (Å²) in [7, 11) is 3.49. The Balaban J connectivity index is 4.09. The molecule has 0 aromatic rings. The number of rotatable bonds is 9. The summed E-state index contributed by atoms with van der Waals surface area (Å²) in [5.41, 5.74) is 0. The molecule has 0 fully saturated rings. The standard InChI is InChI=1S/C13H27NO2/c1-5-7-9-11-14(3)12(10-8-6-2)13(15)16-4/h12H,5-11H2,1-4H3. The maximum Gasteiger partial charge on any atom is 0.323 e. The van der Waals surface area contributed by atoms with Crippen LogP contribution in [0.3, 0.4) is 0 Å². The van der Waals surface area contributed by atoms with Crippen LogP contribution in [0.25, 0.3) is 0 Å². The van der Waals surface area contributed by atoms with Crippen molar-refractivity contribution in [2.45, 2.75) is 58.4 Å². The van der Waals surface area contributed by atoms with Crippen LogP contribution in [0.1, 0.15) is 52.4 Å². The summed E-state index contributed by atoms with van der Waals surface area (Å²) in [6, 6.07) is -0.0539. The second-order valence-corrected chi connectivity index (χ2v) is 4.37. The van der Waals surface area contributed by atoms with Gasteiger partial charge in [-0.1, -0.05) is 39.5 Å². The molecule has 0 bridgehead atoms. The second kappa shape index (κ2) is 9.64. The van der Waals surface area contributed by atoms with Crippen molar-refractivity contribution in [2.75, 3.05) is 20.7 Å². The molecule has 0 rings (SSSR count). The molecular weight excluding hydrogens is 202 g/mol. The lowest BCUT2D eigenvalue weighted by Crippen LogP contribution is -2.39. The van der Waals surface area contributed by atoms with E-state index in [1.165, 1.54) is 20.0 Å². The number of ether oxygens (including phenoxy) is 1. The summed E-state index contributed by atoms with van der Waals surface area (Å²) in [4.78, 5) is 13.8. The minimum absolute atomic E-state index is 0.0539. The molecule has 0 heterocycles. The zero-order valence-electron chi connectivity index (χ0n) is 11.3. The highest BCUT2D eigenvalue weighted by atomic mass is 16.5. The maximum absolute atomic E-state index is 11.6. The molecule has 0 aliphatic rings. The van der Waals surface area contributed by atoms with E-state index >= 15 is 0 Å². The lowest BCUT2D eigenvalue weighted by molar-refractivity contribution is -0.146. The lowest BCUT2D eigenvalue weighted by Gasteiger charge is -2.25. The van der Waals surface area contributed by atoms with Crippen LogP contribution >= 0.6 is 0 Å². The monoisotopic (exact) mass is 229 g/mol. The van der Waals surface area contributed by atoms with Crippen LogP contribution < -0.4 is 0 Å². The number of hydrogen-bond donors (Lipinski definition) is 0. The average molecular weight is 229 g/mol. The summed E-state index contributed by atoms with van der Waals surface area (Å²) >= 11 is 0. The number of carbonyl (C=O) groups is 1. The van der Waals surface area contributed by atoms with E-state index in [9.17, 15) is 4.79 Å². The van der Waals surface area contributed by atoms with E-state index in [2.05, 4.69) is 18.7 Å². The lowest BCUT2D eigenvalue weighted by atomic mass is 10.1. The molecule has 0 aliphatic heterocycles. The van der Waals surface area contributed by atoms with Crippen LogP contribution in [0, 0.1) is 0 Å². The number of nitrogens with zero attached hydrogens (tertiary/aromatic N) is 1. The molecule has 3 nitrogen and oxygen atoms in total. The van der Waals surface area contributed by atoms with Gasteiger partial charge in [-0.2, -0.15) is 0 Å². The molecule has 0 aliphatic carbocycles. The van der Waals surface area contributed by atoms with Crippen molar-refractivity contribution in [3.63, 3.8) is 0 Å². The molecule has 1 unspecified atom stereocenters. The van der Waals surface area contributed by atoms with Crippen molar-refractivity contribution >= 4 is 5.97 Å². The fourth-order valence-corrected chi connectivity index (χ4v) is 1.82. The number of likely N-dealkylation sites (N-methyl/N-ethyl adjacent to an activating group) is 1. The quantitative estimate of drug-likeness (QED) is 0.450. The first-order valence-corrected chi connectivity index (χ1v) is 6.45. The predicted molar refractivity (Wildman–Crippen MR) is 67.5 cm³/mol. The topological polar surface area (TPSA) is 29.5 Å². The largest absolute Gasteiger partial charge is 0.468 e. The number of hydrogen-bond acceptors (Lipinski definition) is 3. The van der Waals surface area contributed by atoms with E-state index in [1.54, 1.807) is 0 Å². The SMILES string of the molecule is CCCCCN(C)C(CCCC)C(=O)OC. The van der Waals surface area contributed by atoms with E-state index in [0.717, 1.165) is 32.2 Å². The van der Waals surface area contributed by atoms with Crippen LogP contribution in [0.4, 0.5) is 0 Å². The molecule has 0 saturated heterocycles. The Labute approximate surface area is 100 Å². The van der Waals surface area contributed by atoms with Gasteiger partial charge in [0.05, 0.1) is 7.11 Å². The van der Waals surface area contributed by atoms with Gasteiger partial charge in [-0.3, -0.25) is 9.69 Å². The van der Waals surface area contributed by atoms with Crippen molar-refractivity contribution in [1.82, 2.24) is 4.90 Å². The third-order valence-corrected chi connectivity index (χ3v) is 2.95. The van der Waals surface area contributed by atoms with Crippen LogP contribution in [-0.2, 0) is 9.53 Å². The molecular formula is C13H27NO2. The van der Waals surface area contributed by atoms with Crippen molar-refractivity contribution in [1.29, 1.82) is 0 Å².